The van der Waals surface area contributed by atoms with Crippen LogP contribution in [0, 0.1) is 0 Å². The van der Waals surface area contributed by atoms with Crippen LogP contribution in [0.4, 0.5) is 0 Å². The highest BCUT2D eigenvalue weighted by molar-refractivity contribution is 7.80. The second-order valence-corrected chi connectivity index (χ2v) is 17.0. The Bertz CT molecular complexity index is 1670. The monoisotopic (exact) mass is 974 g/mol. The maximum atomic E-state index is 12.4. The van der Waals surface area contributed by atoms with Crippen LogP contribution < -0.4 is 10.6 Å². The zero-order valence-corrected chi connectivity index (χ0v) is 35.5. The third-order valence-corrected chi connectivity index (χ3v) is 11.7. The van der Waals surface area contributed by atoms with Crippen molar-refractivity contribution >= 4 is 22.2 Å². The van der Waals surface area contributed by atoms with Gasteiger partial charge in [0.25, 0.3) is 0 Å². The Labute approximate surface area is 368 Å². The first-order valence-corrected chi connectivity index (χ1v) is 21.5. The number of nitrogens with one attached hydrogen (secondary N) is 2. The summed E-state index contributed by atoms with van der Waals surface area (Å²) in [6, 6.07) is -3.34. The molecule has 378 valence electrons. The molecule has 30 nitrogen and oxygen atoms in total. The minimum absolute atomic E-state index is 0.792. The lowest BCUT2D eigenvalue weighted by Gasteiger charge is -2.49. The molecule has 5 aliphatic heterocycles. The van der Waals surface area contributed by atoms with Gasteiger partial charge in [0.2, 0.25) is 11.8 Å². The summed E-state index contributed by atoms with van der Waals surface area (Å²) < 4.78 is 87.4. The first-order valence-electron chi connectivity index (χ1n) is 20.1. The van der Waals surface area contributed by atoms with E-state index in [0.717, 1.165) is 13.8 Å². The number of amides is 2. The molecule has 16 N–H and O–H groups in total. The highest BCUT2D eigenvalue weighted by Gasteiger charge is 2.56. The highest BCUT2D eigenvalue weighted by Crippen LogP contribution is 2.35. The molecule has 0 aromatic rings. The number of carbonyl (C=O) groups excluding carboxylic acids is 2. The van der Waals surface area contributed by atoms with E-state index in [2.05, 4.69) is 14.8 Å². The number of carbonyl (C=O) groups is 2. The van der Waals surface area contributed by atoms with Crippen molar-refractivity contribution in [1.29, 1.82) is 0 Å². The number of rotatable bonds is 16. The smallest absolute Gasteiger partial charge is 0.394 e. The summed E-state index contributed by atoms with van der Waals surface area (Å²) in [4.78, 5) is 24.6. The molecule has 0 aromatic heterocycles. The van der Waals surface area contributed by atoms with Crippen LogP contribution in [-0.2, 0) is 66.8 Å². The lowest BCUT2D eigenvalue weighted by Crippen LogP contribution is -2.69. The van der Waals surface area contributed by atoms with Crippen molar-refractivity contribution in [2.75, 3.05) is 26.4 Å². The Morgan fingerprint density at radius 2 is 1.02 bits per heavy atom. The van der Waals surface area contributed by atoms with Gasteiger partial charge in [-0.2, -0.15) is 8.42 Å². The molecule has 2 amide bonds. The lowest BCUT2D eigenvalue weighted by molar-refractivity contribution is -0.381. The maximum Gasteiger partial charge on any atom is 0.397 e. The second kappa shape index (κ2) is 22.6. The summed E-state index contributed by atoms with van der Waals surface area (Å²) in [6.45, 7) is -0.420. The maximum absolute atomic E-state index is 12.4. The molecular formula is C34H58N2O28S. The minimum Gasteiger partial charge on any atom is -0.394 e. The van der Waals surface area contributed by atoms with Gasteiger partial charge in [-0.05, 0) is 6.92 Å². The van der Waals surface area contributed by atoms with Gasteiger partial charge in [0.15, 0.2) is 31.5 Å². The molecule has 0 unspecified atom stereocenters. The van der Waals surface area contributed by atoms with E-state index in [1.165, 1.54) is 6.92 Å². The van der Waals surface area contributed by atoms with Gasteiger partial charge < -0.3 is 120 Å². The first-order chi connectivity index (χ1) is 30.4. The molecule has 65 heavy (non-hydrogen) atoms. The summed E-state index contributed by atoms with van der Waals surface area (Å²) >= 11 is 0. The predicted octanol–water partition coefficient (Wildman–Crippen LogP) is -10.8. The molecule has 5 rings (SSSR count). The van der Waals surface area contributed by atoms with E-state index in [-0.39, 0.29) is 0 Å². The average molecular weight is 975 g/mol. The zero-order valence-electron chi connectivity index (χ0n) is 34.6. The van der Waals surface area contributed by atoms with Crippen LogP contribution in [0.3, 0.4) is 0 Å². The third kappa shape index (κ3) is 12.4. The molecule has 0 radical (unpaired) electrons. The summed E-state index contributed by atoms with van der Waals surface area (Å²) in [5, 5.41) is 143. The normalized spacial score (nSPS) is 47.5. The molecule has 0 aromatic carbocycles. The molecule has 5 fully saturated rings. The average Bonchev–Trinajstić information content (AvgIpc) is 3.23. The number of aliphatic hydroxyl groups is 13. The molecule has 25 atom stereocenters. The van der Waals surface area contributed by atoms with E-state index < -0.39 is 202 Å². The summed E-state index contributed by atoms with van der Waals surface area (Å²) in [5.41, 5.74) is 0. The van der Waals surface area contributed by atoms with Crippen LogP contribution in [0.25, 0.3) is 0 Å². The van der Waals surface area contributed by atoms with Crippen LogP contribution in [-0.4, -0.2) is 271 Å². The fraction of sp³-hybridized carbons (Fsp3) is 0.941. The van der Waals surface area contributed by atoms with Gasteiger partial charge in [-0.1, -0.05) is 0 Å². The largest absolute Gasteiger partial charge is 0.397 e. The Hall–Kier alpha value is -2.07. The Balaban J connectivity index is 1.36. The first kappa shape index (κ1) is 53.9. The molecule has 5 aliphatic rings. The van der Waals surface area contributed by atoms with Gasteiger partial charge in [0, 0.05) is 13.8 Å². The number of ether oxygens (including phenoxy) is 9. The van der Waals surface area contributed by atoms with E-state index in [9.17, 15) is 88.9 Å². The molecule has 0 aliphatic carbocycles. The van der Waals surface area contributed by atoms with Crippen molar-refractivity contribution < 1.29 is 136 Å². The van der Waals surface area contributed by atoms with E-state index in [0.29, 0.717) is 0 Å². The van der Waals surface area contributed by atoms with E-state index in [1.807, 2.05) is 0 Å². The molecule has 31 heteroatoms. The quantitative estimate of drug-likeness (QED) is 0.0639. The van der Waals surface area contributed by atoms with E-state index >= 15 is 0 Å². The minimum atomic E-state index is -5.33. The Morgan fingerprint density at radius 1 is 0.508 bits per heavy atom. The Kier molecular flexibility index (Phi) is 18.7. The molecule has 5 saturated heterocycles. The van der Waals surface area contributed by atoms with Gasteiger partial charge in [0.05, 0.1) is 32.5 Å². The standard InChI is InChI=1S/C34H58N2O28S/c1-8-17(42)22(47)24(49)32(56-8)63-29-23(48)18(43)11(4-37)59-34(29)62-27-16(36-10(3)41)30(51)57-14(20(27)45)7-55-31-15(35-9(2)40)21(46)26(13(6-39)60-31)61-33-25(50)28(64-65(52,53)54)19(44)12(5-38)58-33/h8,11-34,37-39,42-51H,4-7H2,1-3H3,(H,35,40)(H,36,41)(H,52,53,54)/t8-,11+,12+,13+,14+,15+,16+,17+,18-,19-,20-,21+,22+,23-,24-,25+,26+,27+,28-,29+,30+,31+,32-,33-,34-/m0/s1. The fourth-order valence-corrected chi connectivity index (χ4v) is 8.41. The molecule has 5 heterocycles. The third-order valence-electron chi connectivity index (χ3n) is 11.3. The van der Waals surface area contributed by atoms with Crippen molar-refractivity contribution in [3.63, 3.8) is 0 Å². The van der Waals surface area contributed by atoms with Crippen molar-refractivity contribution in [1.82, 2.24) is 10.6 Å². The summed E-state index contributed by atoms with van der Waals surface area (Å²) in [6.07, 6.45) is -42.8. The second-order valence-electron chi connectivity index (χ2n) is 15.9. The Morgan fingerprint density at radius 3 is 1.60 bits per heavy atom. The van der Waals surface area contributed by atoms with Crippen molar-refractivity contribution in [2.45, 2.75) is 174 Å². The SMILES string of the molecule is CC(=O)N[C@@H]1[C@@H](O[C@@H]2O[C@H](CO)[C@H](O)[C@H](O)[C@H]2O[C@@H]2O[C@@H](C)[C@@H](O)[C@@H](O)[C@@H]2O)[C@@H](O)[C@@H](CO[C@@H]2O[C@H](CO)[C@@H](O[C@@H]3O[C@H](CO)[C@H](O)[C@H](OS(=O)(=O)O)[C@H]3O)[C@H](O)[C@H]2NC(C)=O)O[C@H]1O. The number of hydrogen-bond donors (Lipinski definition) is 16. The van der Waals surface area contributed by atoms with E-state index in [4.69, 9.17) is 42.6 Å². The summed E-state index contributed by atoms with van der Waals surface area (Å²) in [7, 11) is -5.33. The lowest BCUT2D eigenvalue weighted by atomic mass is 9.94. The van der Waals surface area contributed by atoms with Crippen molar-refractivity contribution in [3.05, 3.63) is 0 Å². The van der Waals surface area contributed by atoms with Crippen LogP contribution >= 0.6 is 0 Å². The van der Waals surface area contributed by atoms with Crippen LogP contribution in [0.15, 0.2) is 0 Å². The van der Waals surface area contributed by atoms with Gasteiger partial charge in [-0.25, -0.2) is 4.18 Å². The topological polar surface area (TPSA) is 468 Å². The van der Waals surface area contributed by atoms with Crippen LogP contribution in [0.2, 0.25) is 0 Å². The number of hydrogen-bond acceptors (Lipinski definition) is 27. The van der Waals surface area contributed by atoms with Crippen molar-refractivity contribution in [3.8, 4) is 0 Å². The number of aliphatic hydroxyl groups excluding tert-OH is 13. The molecule has 0 saturated carbocycles. The zero-order chi connectivity index (χ0) is 48.4. The van der Waals surface area contributed by atoms with Gasteiger partial charge >= 0.3 is 10.4 Å². The van der Waals surface area contributed by atoms with Gasteiger partial charge in [-0.15, -0.1) is 0 Å². The fourth-order valence-electron chi connectivity index (χ4n) is 7.90. The van der Waals surface area contributed by atoms with Gasteiger partial charge in [0.1, 0.15) is 116 Å². The summed E-state index contributed by atoms with van der Waals surface area (Å²) in [5.74, 6) is -1.61. The molecule has 0 spiro atoms. The molecule has 0 bridgehead atoms. The van der Waals surface area contributed by atoms with Crippen LogP contribution in [0.5, 0.6) is 0 Å². The molecular weight excluding hydrogens is 916 g/mol. The van der Waals surface area contributed by atoms with E-state index in [1.54, 1.807) is 0 Å². The van der Waals surface area contributed by atoms with Gasteiger partial charge in [-0.3, -0.25) is 14.1 Å². The van der Waals surface area contributed by atoms with Crippen LogP contribution in [0.1, 0.15) is 20.8 Å². The highest BCUT2D eigenvalue weighted by atomic mass is 32.3. The predicted molar refractivity (Wildman–Crippen MR) is 199 cm³/mol. The van der Waals surface area contributed by atoms with Crippen molar-refractivity contribution in [2.24, 2.45) is 0 Å².